The maximum atomic E-state index is 12.6. The van der Waals surface area contributed by atoms with Crippen LogP contribution in [-0.2, 0) is 10.9 Å². The number of aromatic nitrogens is 1. The first-order valence-corrected chi connectivity index (χ1v) is 5.47. The summed E-state index contributed by atoms with van der Waals surface area (Å²) in [6.07, 6.45) is -4.42. The highest BCUT2D eigenvalue weighted by atomic mass is 19.4. The molecule has 0 bridgehead atoms. The summed E-state index contributed by atoms with van der Waals surface area (Å²) in [5.74, 6) is 0.0672. The molecule has 0 aliphatic carbocycles. The molecule has 0 aromatic carbocycles. The number of halogens is 3. The minimum Gasteiger partial charge on any atom is -0.384 e. The van der Waals surface area contributed by atoms with Gasteiger partial charge in [0.2, 0.25) is 0 Å². The van der Waals surface area contributed by atoms with Crippen LogP contribution >= 0.6 is 0 Å². The number of alkyl halides is 3. The average molecular weight is 263 g/mol. The first kappa shape index (κ1) is 14.6. The number of ether oxygens (including phenoxy) is 1. The van der Waals surface area contributed by atoms with Crippen molar-refractivity contribution in [2.75, 3.05) is 37.4 Å². The van der Waals surface area contributed by atoms with Gasteiger partial charge in [0.15, 0.2) is 0 Å². The number of nitrogens with two attached hydrogens (primary N) is 1. The highest BCUT2D eigenvalue weighted by Crippen LogP contribution is 2.32. The van der Waals surface area contributed by atoms with Gasteiger partial charge in [0, 0.05) is 20.2 Å². The Morgan fingerprint density at radius 1 is 1.39 bits per heavy atom. The van der Waals surface area contributed by atoms with Gasteiger partial charge in [-0.3, -0.25) is 0 Å². The van der Waals surface area contributed by atoms with Crippen LogP contribution in [0, 0.1) is 0 Å². The van der Waals surface area contributed by atoms with Gasteiger partial charge in [-0.05, 0) is 19.1 Å². The molecule has 18 heavy (non-hydrogen) atoms. The average Bonchev–Trinajstić information content (AvgIpc) is 2.28. The molecule has 102 valence electrons. The molecule has 1 aromatic rings. The minimum absolute atomic E-state index is 0.143. The number of hydrogen-bond acceptors (Lipinski definition) is 4. The number of hydrogen-bond donors (Lipinski definition) is 1. The van der Waals surface area contributed by atoms with E-state index in [0.717, 1.165) is 12.1 Å². The highest BCUT2D eigenvalue weighted by molar-refractivity contribution is 5.49. The van der Waals surface area contributed by atoms with Gasteiger partial charge in [-0.25, -0.2) is 4.98 Å². The summed E-state index contributed by atoms with van der Waals surface area (Å²) in [6, 6.07) is 1.82. The highest BCUT2D eigenvalue weighted by Gasteiger charge is 2.31. The molecule has 0 aliphatic rings. The SMILES string of the molecule is CCN(CCOC)c1cc(C(F)(F)F)cc(N)n1. The fourth-order valence-electron chi connectivity index (χ4n) is 1.50. The third-order valence-electron chi connectivity index (χ3n) is 2.43. The molecule has 1 heterocycles. The number of rotatable bonds is 5. The maximum absolute atomic E-state index is 12.6. The van der Waals surface area contributed by atoms with Crippen LogP contribution in [0.2, 0.25) is 0 Å². The zero-order valence-corrected chi connectivity index (χ0v) is 10.3. The Morgan fingerprint density at radius 2 is 2.06 bits per heavy atom. The predicted molar refractivity (Wildman–Crippen MR) is 63.4 cm³/mol. The van der Waals surface area contributed by atoms with Crippen LogP contribution in [0.3, 0.4) is 0 Å². The molecular weight excluding hydrogens is 247 g/mol. The Morgan fingerprint density at radius 3 is 2.56 bits per heavy atom. The van der Waals surface area contributed by atoms with Crippen LogP contribution in [0.1, 0.15) is 12.5 Å². The number of anilines is 2. The number of nitrogen functional groups attached to an aromatic ring is 1. The van der Waals surface area contributed by atoms with Gasteiger partial charge in [-0.1, -0.05) is 0 Å². The van der Waals surface area contributed by atoms with E-state index in [1.807, 2.05) is 6.92 Å². The van der Waals surface area contributed by atoms with E-state index < -0.39 is 11.7 Å². The summed E-state index contributed by atoms with van der Waals surface area (Å²) >= 11 is 0. The van der Waals surface area contributed by atoms with Crippen molar-refractivity contribution in [1.29, 1.82) is 0 Å². The lowest BCUT2D eigenvalue weighted by Gasteiger charge is -2.22. The van der Waals surface area contributed by atoms with E-state index >= 15 is 0 Å². The maximum Gasteiger partial charge on any atom is 0.416 e. The van der Waals surface area contributed by atoms with Crippen molar-refractivity contribution >= 4 is 11.6 Å². The van der Waals surface area contributed by atoms with Crippen LogP contribution < -0.4 is 10.6 Å². The second-order valence-electron chi connectivity index (χ2n) is 3.71. The van der Waals surface area contributed by atoms with Crippen LogP contribution in [0.4, 0.5) is 24.8 Å². The van der Waals surface area contributed by atoms with Crippen LogP contribution in [0.5, 0.6) is 0 Å². The van der Waals surface area contributed by atoms with E-state index in [1.54, 1.807) is 4.90 Å². The number of nitrogens with zero attached hydrogens (tertiary/aromatic N) is 2. The molecular formula is C11H16F3N3O. The van der Waals surface area contributed by atoms with Crippen LogP contribution in [0.15, 0.2) is 12.1 Å². The Balaban J connectivity index is 3.04. The number of methoxy groups -OCH3 is 1. The molecule has 1 aromatic heterocycles. The quantitative estimate of drug-likeness (QED) is 0.884. The molecule has 0 fully saturated rings. The van der Waals surface area contributed by atoms with E-state index in [2.05, 4.69) is 4.98 Å². The van der Waals surface area contributed by atoms with Crippen molar-refractivity contribution in [1.82, 2.24) is 4.98 Å². The summed E-state index contributed by atoms with van der Waals surface area (Å²) in [4.78, 5) is 5.60. The van der Waals surface area contributed by atoms with Gasteiger partial charge in [0.1, 0.15) is 11.6 Å². The third-order valence-corrected chi connectivity index (χ3v) is 2.43. The lowest BCUT2D eigenvalue weighted by atomic mass is 10.2. The molecule has 4 nitrogen and oxygen atoms in total. The fraction of sp³-hybridized carbons (Fsp3) is 0.545. The van der Waals surface area contributed by atoms with Crippen molar-refractivity contribution in [2.24, 2.45) is 0 Å². The zero-order chi connectivity index (χ0) is 13.8. The largest absolute Gasteiger partial charge is 0.416 e. The van der Waals surface area contributed by atoms with Gasteiger partial charge in [-0.15, -0.1) is 0 Å². The van der Waals surface area contributed by atoms with Crippen molar-refractivity contribution in [3.8, 4) is 0 Å². The van der Waals surface area contributed by atoms with Crippen molar-refractivity contribution in [3.63, 3.8) is 0 Å². The molecule has 0 saturated carbocycles. The molecule has 0 radical (unpaired) electrons. The summed E-state index contributed by atoms with van der Waals surface area (Å²) in [7, 11) is 1.53. The summed E-state index contributed by atoms with van der Waals surface area (Å²) in [5.41, 5.74) is 4.62. The lowest BCUT2D eigenvalue weighted by Crippen LogP contribution is -2.28. The molecule has 0 saturated heterocycles. The first-order chi connectivity index (χ1) is 8.38. The molecule has 0 atom stereocenters. The normalized spacial score (nSPS) is 11.6. The third kappa shape index (κ3) is 3.76. The van der Waals surface area contributed by atoms with Crippen molar-refractivity contribution < 1.29 is 17.9 Å². The molecule has 1 rings (SSSR count). The van der Waals surface area contributed by atoms with E-state index in [0.29, 0.717) is 19.7 Å². The summed E-state index contributed by atoms with van der Waals surface area (Å²) < 4.78 is 42.8. The van der Waals surface area contributed by atoms with Gasteiger partial charge < -0.3 is 15.4 Å². The summed E-state index contributed by atoms with van der Waals surface area (Å²) in [6.45, 7) is 3.22. The zero-order valence-electron chi connectivity index (χ0n) is 10.3. The van der Waals surface area contributed by atoms with E-state index in [4.69, 9.17) is 10.5 Å². The van der Waals surface area contributed by atoms with Crippen LogP contribution in [0.25, 0.3) is 0 Å². The molecule has 0 spiro atoms. The number of likely N-dealkylation sites (N-methyl/N-ethyl adjacent to an activating group) is 1. The minimum atomic E-state index is -4.42. The van der Waals surface area contributed by atoms with Crippen LogP contribution in [-0.4, -0.2) is 31.8 Å². The van der Waals surface area contributed by atoms with Gasteiger partial charge >= 0.3 is 6.18 Å². The van der Waals surface area contributed by atoms with E-state index in [-0.39, 0.29) is 11.6 Å². The predicted octanol–water partition coefficient (Wildman–Crippen LogP) is 2.16. The van der Waals surface area contributed by atoms with E-state index in [9.17, 15) is 13.2 Å². The summed E-state index contributed by atoms with van der Waals surface area (Å²) in [5, 5.41) is 0. The molecule has 2 N–H and O–H groups in total. The van der Waals surface area contributed by atoms with E-state index in [1.165, 1.54) is 7.11 Å². The lowest BCUT2D eigenvalue weighted by molar-refractivity contribution is -0.137. The molecule has 0 aliphatic heterocycles. The van der Waals surface area contributed by atoms with Crippen molar-refractivity contribution in [2.45, 2.75) is 13.1 Å². The Kier molecular flexibility index (Phi) is 4.77. The fourth-order valence-corrected chi connectivity index (χ4v) is 1.50. The van der Waals surface area contributed by atoms with Crippen molar-refractivity contribution in [3.05, 3.63) is 17.7 Å². The monoisotopic (exact) mass is 263 g/mol. The molecule has 0 unspecified atom stereocenters. The first-order valence-electron chi connectivity index (χ1n) is 5.47. The standard InChI is InChI=1S/C11H16F3N3O/c1-3-17(4-5-18-2)10-7-8(11(12,13)14)6-9(15)16-10/h6-7H,3-5H2,1-2H3,(H2,15,16). The smallest absolute Gasteiger partial charge is 0.384 e. The number of pyridine rings is 1. The topological polar surface area (TPSA) is 51.4 Å². The molecule has 7 heteroatoms. The van der Waals surface area contributed by atoms with Gasteiger partial charge in [0.25, 0.3) is 0 Å². The van der Waals surface area contributed by atoms with Gasteiger partial charge in [-0.2, -0.15) is 13.2 Å². The second kappa shape index (κ2) is 5.90. The molecule has 0 amide bonds. The second-order valence-corrected chi connectivity index (χ2v) is 3.71. The Hall–Kier alpha value is -1.50. The van der Waals surface area contributed by atoms with Gasteiger partial charge in [0.05, 0.1) is 12.2 Å². The Bertz CT molecular complexity index is 396. The Labute approximate surface area is 104 Å².